The number of hydrogen-bond acceptors (Lipinski definition) is 5. The van der Waals surface area contributed by atoms with Crippen molar-refractivity contribution < 1.29 is 0 Å². The molecule has 0 saturated carbocycles. The monoisotopic (exact) mass is 389 g/mol. The van der Waals surface area contributed by atoms with E-state index in [2.05, 4.69) is 44.9 Å². The Balaban J connectivity index is 1.38. The second kappa shape index (κ2) is 7.59. The number of piperidine rings is 1. The molecule has 1 unspecified atom stereocenters. The molecule has 29 heavy (non-hydrogen) atoms. The van der Waals surface area contributed by atoms with E-state index in [1.54, 1.807) is 0 Å². The van der Waals surface area contributed by atoms with Crippen LogP contribution in [0.1, 0.15) is 36.6 Å². The second-order valence-electron chi connectivity index (χ2n) is 8.46. The van der Waals surface area contributed by atoms with Crippen molar-refractivity contribution in [2.45, 2.75) is 39.3 Å². The maximum Gasteiger partial charge on any atom is 0.257 e. The van der Waals surface area contributed by atoms with Gasteiger partial charge in [0.15, 0.2) is 0 Å². The third kappa shape index (κ3) is 3.65. The van der Waals surface area contributed by atoms with Crippen molar-refractivity contribution in [2.75, 3.05) is 24.5 Å². The molecular formula is C23H27N5O. The Kier molecular flexibility index (Phi) is 4.79. The summed E-state index contributed by atoms with van der Waals surface area (Å²) in [5.74, 6) is 1.41. The van der Waals surface area contributed by atoms with E-state index in [0.29, 0.717) is 12.5 Å². The van der Waals surface area contributed by atoms with Gasteiger partial charge in [-0.2, -0.15) is 0 Å². The van der Waals surface area contributed by atoms with Crippen molar-refractivity contribution in [3.05, 3.63) is 63.7 Å². The second-order valence-corrected chi connectivity index (χ2v) is 8.46. The predicted octanol–water partition coefficient (Wildman–Crippen LogP) is 3.11. The van der Waals surface area contributed by atoms with Crippen LogP contribution in [0.2, 0.25) is 0 Å². The van der Waals surface area contributed by atoms with E-state index in [9.17, 15) is 4.79 Å². The maximum atomic E-state index is 12.9. The minimum absolute atomic E-state index is 0.0208. The Morgan fingerprint density at radius 1 is 1.21 bits per heavy atom. The summed E-state index contributed by atoms with van der Waals surface area (Å²) in [6.07, 6.45) is 5.11. The van der Waals surface area contributed by atoms with Gasteiger partial charge in [-0.1, -0.05) is 25.1 Å². The van der Waals surface area contributed by atoms with Crippen LogP contribution in [0.3, 0.4) is 0 Å². The molecule has 1 N–H and O–H groups in total. The highest BCUT2D eigenvalue weighted by atomic mass is 16.1. The highest BCUT2D eigenvalue weighted by molar-refractivity contribution is 5.81. The summed E-state index contributed by atoms with van der Waals surface area (Å²) in [6, 6.07) is 10.3. The van der Waals surface area contributed by atoms with Crippen molar-refractivity contribution in [2.24, 2.45) is 5.92 Å². The lowest BCUT2D eigenvalue weighted by Crippen LogP contribution is -2.39. The van der Waals surface area contributed by atoms with Crippen molar-refractivity contribution in [3.8, 4) is 0 Å². The number of aromatic amines is 1. The fourth-order valence-corrected chi connectivity index (χ4v) is 4.67. The smallest absolute Gasteiger partial charge is 0.257 e. The SMILES string of the molecule is CC1CCCN(c2nc3c(c(=O)[nH]2)CN(Cc2ccnc4ccccc24)CC3)C1. The summed E-state index contributed by atoms with van der Waals surface area (Å²) < 4.78 is 0. The fourth-order valence-electron chi connectivity index (χ4n) is 4.67. The van der Waals surface area contributed by atoms with Crippen molar-refractivity contribution in [1.82, 2.24) is 19.9 Å². The average molecular weight is 390 g/mol. The number of pyridine rings is 1. The molecule has 2 aromatic heterocycles. The zero-order valence-corrected chi connectivity index (χ0v) is 16.9. The number of fused-ring (bicyclic) bond motifs is 2. The molecule has 0 spiro atoms. The molecule has 0 aliphatic carbocycles. The van der Waals surface area contributed by atoms with E-state index >= 15 is 0 Å². The van der Waals surface area contributed by atoms with Gasteiger partial charge in [0, 0.05) is 50.7 Å². The molecule has 150 valence electrons. The summed E-state index contributed by atoms with van der Waals surface area (Å²) >= 11 is 0. The molecule has 6 nitrogen and oxygen atoms in total. The van der Waals surface area contributed by atoms with Crippen molar-refractivity contribution in [3.63, 3.8) is 0 Å². The van der Waals surface area contributed by atoms with Gasteiger partial charge in [-0.3, -0.25) is 19.7 Å². The number of rotatable bonds is 3. The van der Waals surface area contributed by atoms with Crippen LogP contribution in [0.25, 0.3) is 10.9 Å². The first kappa shape index (κ1) is 18.3. The van der Waals surface area contributed by atoms with Gasteiger partial charge in [-0.05, 0) is 36.5 Å². The summed E-state index contributed by atoms with van der Waals surface area (Å²) in [7, 11) is 0. The largest absolute Gasteiger partial charge is 0.342 e. The first-order chi connectivity index (χ1) is 14.2. The minimum Gasteiger partial charge on any atom is -0.342 e. The molecule has 5 rings (SSSR count). The fraction of sp³-hybridized carbons (Fsp3) is 0.435. The van der Waals surface area contributed by atoms with Gasteiger partial charge >= 0.3 is 0 Å². The van der Waals surface area contributed by atoms with Gasteiger partial charge in [0.05, 0.1) is 16.8 Å². The highest BCUT2D eigenvalue weighted by Gasteiger charge is 2.24. The van der Waals surface area contributed by atoms with E-state index < -0.39 is 0 Å². The highest BCUT2D eigenvalue weighted by Crippen LogP contribution is 2.24. The number of nitrogens with zero attached hydrogens (tertiary/aromatic N) is 4. The quantitative estimate of drug-likeness (QED) is 0.746. The van der Waals surface area contributed by atoms with E-state index in [4.69, 9.17) is 4.98 Å². The normalized spacial score (nSPS) is 20.0. The molecule has 1 aromatic carbocycles. The molecule has 4 heterocycles. The summed E-state index contributed by atoms with van der Waals surface area (Å²) in [5.41, 5.74) is 4.08. The minimum atomic E-state index is 0.0208. The lowest BCUT2D eigenvalue weighted by Gasteiger charge is -2.33. The summed E-state index contributed by atoms with van der Waals surface area (Å²) in [5, 5.41) is 1.18. The molecule has 1 atom stereocenters. The van der Waals surface area contributed by atoms with Gasteiger partial charge in [-0.25, -0.2) is 4.98 Å². The number of benzene rings is 1. The number of anilines is 1. The Labute approximate surface area is 170 Å². The molecule has 0 bridgehead atoms. The number of nitrogens with one attached hydrogen (secondary N) is 1. The van der Waals surface area contributed by atoms with Crippen molar-refractivity contribution >= 4 is 16.9 Å². The molecule has 0 radical (unpaired) electrons. The third-order valence-electron chi connectivity index (χ3n) is 6.23. The van der Waals surface area contributed by atoms with Crippen LogP contribution >= 0.6 is 0 Å². The van der Waals surface area contributed by atoms with Crippen molar-refractivity contribution in [1.29, 1.82) is 0 Å². The molecule has 1 saturated heterocycles. The van der Waals surface area contributed by atoms with Gasteiger partial charge in [0.25, 0.3) is 5.56 Å². The van der Waals surface area contributed by atoms with Gasteiger partial charge in [0.1, 0.15) is 0 Å². The molecule has 3 aromatic rings. The standard InChI is InChI=1S/C23H27N5O/c1-16-5-4-11-28(13-16)23-25-21-9-12-27(15-19(21)22(29)26-23)14-17-8-10-24-20-7-3-2-6-18(17)20/h2-3,6-8,10,16H,4-5,9,11-15H2,1H3,(H,25,26,29). The Bertz CT molecular complexity index is 1090. The van der Waals surface area contributed by atoms with Crippen LogP contribution in [0, 0.1) is 5.92 Å². The van der Waals surface area contributed by atoms with Crippen LogP contribution in [0.5, 0.6) is 0 Å². The third-order valence-corrected chi connectivity index (χ3v) is 6.23. The van der Waals surface area contributed by atoms with Crippen LogP contribution in [-0.2, 0) is 19.5 Å². The van der Waals surface area contributed by atoms with E-state index in [-0.39, 0.29) is 5.56 Å². The van der Waals surface area contributed by atoms with Crippen LogP contribution < -0.4 is 10.5 Å². The van der Waals surface area contributed by atoms with Gasteiger partial charge in [0.2, 0.25) is 5.95 Å². The number of aromatic nitrogens is 3. The zero-order valence-electron chi connectivity index (χ0n) is 16.9. The van der Waals surface area contributed by atoms with Gasteiger partial charge < -0.3 is 4.90 Å². The predicted molar refractivity (Wildman–Crippen MR) is 115 cm³/mol. The average Bonchev–Trinajstić information content (AvgIpc) is 2.74. The topological polar surface area (TPSA) is 65.1 Å². The molecule has 2 aliphatic rings. The summed E-state index contributed by atoms with van der Waals surface area (Å²) in [4.78, 5) is 29.8. The molecule has 2 aliphatic heterocycles. The number of hydrogen-bond donors (Lipinski definition) is 1. The lowest BCUT2D eigenvalue weighted by atomic mass is 10.0. The van der Waals surface area contributed by atoms with E-state index in [1.807, 2.05) is 18.3 Å². The Morgan fingerprint density at radius 2 is 2.10 bits per heavy atom. The van der Waals surface area contributed by atoms with Crippen LogP contribution in [0.15, 0.2) is 41.3 Å². The van der Waals surface area contributed by atoms with E-state index in [0.717, 1.165) is 61.7 Å². The summed E-state index contributed by atoms with van der Waals surface area (Å²) in [6.45, 7) is 6.59. The Hall–Kier alpha value is -2.73. The molecule has 6 heteroatoms. The van der Waals surface area contributed by atoms with E-state index in [1.165, 1.54) is 17.4 Å². The molecule has 1 fully saturated rings. The first-order valence-corrected chi connectivity index (χ1v) is 10.6. The first-order valence-electron chi connectivity index (χ1n) is 10.6. The van der Waals surface area contributed by atoms with Gasteiger partial charge in [-0.15, -0.1) is 0 Å². The number of H-pyrrole nitrogens is 1. The lowest BCUT2D eigenvalue weighted by molar-refractivity contribution is 0.242. The molecule has 0 amide bonds. The molecular weight excluding hydrogens is 362 g/mol. The van der Waals surface area contributed by atoms with Crippen LogP contribution in [-0.4, -0.2) is 39.5 Å². The number of para-hydroxylation sites is 1. The van der Waals surface area contributed by atoms with Crippen LogP contribution in [0.4, 0.5) is 5.95 Å². The Morgan fingerprint density at radius 3 is 3.00 bits per heavy atom. The zero-order chi connectivity index (χ0) is 19.8. The maximum absolute atomic E-state index is 12.9.